The highest BCUT2D eigenvalue weighted by Gasteiger charge is 2.38. The van der Waals surface area contributed by atoms with Gasteiger partial charge in [-0.25, -0.2) is 4.68 Å². The molecule has 8 nitrogen and oxygen atoms in total. The molecule has 42 heavy (non-hydrogen) atoms. The molecule has 0 saturated carbocycles. The first-order valence-electron chi connectivity index (χ1n) is 11.1. The number of halogens is 10. The summed E-state index contributed by atoms with van der Waals surface area (Å²) in [5.74, 6) is -1.33. The Hall–Kier alpha value is -3.80. The van der Waals surface area contributed by atoms with E-state index in [4.69, 9.17) is 11.6 Å². The van der Waals surface area contributed by atoms with Gasteiger partial charge in [-0.15, -0.1) is 4.40 Å². The molecule has 3 rings (SSSR count). The molecule has 0 aliphatic carbocycles. The number of alkyl halides is 9. The summed E-state index contributed by atoms with van der Waals surface area (Å²) < 4.78 is 151. The van der Waals surface area contributed by atoms with Gasteiger partial charge in [0.25, 0.3) is 10.0 Å². The number of anilines is 1. The van der Waals surface area contributed by atoms with Gasteiger partial charge in [-0.1, -0.05) is 23.7 Å². The van der Waals surface area contributed by atoms with Crippen LogP contribution in [0.2, 0.25) is 5.02 Å². The standard InChI is InChI=1S/C23H17ClF9N5O3S/c1-37(2)11-35-42(40,41)18-8-16(36-19(39)6-12-4-3-5-14(20(12)24)22(28,29)30)15(23(31,32)33)7-17(18)38-10-13(9-34-38)21(25,26)27/h3-5,7-11H,6H2,1-2H3,(H,36,39). The van der Waals surface area contributed by atoms with E-state index in [9.17, 15) is 52.7 Å². The highest BCUT2D eigenvalue weighted by atomic mass is 35.5. The number of rotatable bonds is 7. The molecule has 19 heteroatoms. The molecular weight excluding hydrogens is 633 g/mol. The van der Waals surface area contributed by atoms with Gasteiger partial charge in [-0.3, -0.25) is 4.79 Å². The minimum absolute atomic E-state index is 0.137. The number of amides is 1. The lowest BCUT2D eigenvalue weighted by Gasteiger charge is -2.18. The zero-order chi connectivity index (χ0) is 31.8. The van der Waals surface area contributed by atoms with Gasteiger partial charge >= 0.3 is 18.5 Å². The molecule has 0 unspecified atom stereocenters. The maximum absolute atomic E-state index is 14.1. The molecular formula is C23H17ClF9N5O3S. The van der Waals surface area contributed by atoms with Crippen LogP contribution in [0.3, 0.4) is 0 Å². The lowest BCUT2D eigenvalue weighted by atomic mass is 10.1. The van der Waals surface area contributed by atoms with Crippen LogP contribution in [-0.4, -0.2) is 49.4 Å². The van der Waals surface area contributed by atoms with Crippen molar-refractivity contribution < 1.29 is 52.7 Å². The van der Waals surface area contributed by atoms with Crippen molar-refractivity contribution in [1.29, 1.82) is 0 Å². The minimum atomic E-state index is -5.32. The maximum atomic E-state index is 14.1. The van der Waals surface area contributed by atoms with Crippen molar-refractivity contribution in [2.45, 2.75) is 29.8 Å². The monoisotopic (exact) mass is 649 g/mol. The summed E-state index contributed by atoms with van der Waals surface area (Å²) in [5.41, 5.74) is -7.01. The number of aromatic nitrogens is 2. The van der Waals surface area contributed by atoms with Crippen LogP contribution in [-0.2, 0) is 39.8 Å². The molecule has 3 aromatic rings. The topological polar surface area (TPSA) is 96.7 Å². The largest absolute Gasteiger partial charge is 0.419 e. The predicted octanol–water partition coefficient (Wildman–Crippen LogP) is 6.04. The Bertz CT molecular complexity index is 1630. The van der Waals surface area contributed by atoms with E-state index in [1.807, 2.05) is 0 Å². The molecule has 1 aromatic heterocycles. The third-order valence-corrected chi connectivity index (χ3v) is 6.97. The summed E-state index contributed by atoms with van der Waals surface area (Å²) in [6, 6.07) is 3.00. The van der Waals surface area contributed by atoms with Crippen molar-refractivity contribution in [1.82, 2.24) is 14.7 Å². The van der Waals surface area contributed by atoms with E-state index in [2.05, 4.69) is 9.50 Å². The zero-order valence-electron chi connectivity index (χ0n) is 21.0. The van der Waals surface area contributed by atoms with E-state index in [1.54, 1.807) is 5.32 Å². The van der Waals surface area contributed by atoms with Crippen LogP contribution in [0.25, 0.3) is 5.69 Å². The van der Waals surface area contributed by atoms with E-state index in [0.29, 0.717) is 12.1 Å². The first-order chi connectivity index (χ1) is 19.1. The van der Waals surface area contributed by atoms with Crippen molar-refractivity contribution >= 4 is 39.6 Å². The van der Waals surface area contributed by atoms with Crippen LogP contribution in [0.15, 0.2) is 52.0 Å². The second-order valence-corrected chi connectivity index (χ2v) is 10.7. The number of hydrogen-bond acceptors (Lipinski definition) is 4. The lowest BCUT2D eigenvalue weighted by Crippen LogP contribution is -2.21. The summed E-state index contributed by atoms with van der Waals surface area (Å²) in [5, 5.41) is 4.26. The molecule has 0 atom stereocenters. The molecule has 2 aromatic carbocycles. The van der Waals surface area contributed by atoms with Crippen molar-refractivity contribution in [2.75, 3.05) is 19.4 Å². The molecule has 1 heterocycles. The Balaban J connectivity index is 2.19. The van der Waals surface area contributed by atoms with Crippen LogP contribution < -0.4 is 5.32 Å². The Labute approximate surface area is 236 Å². The van der Waals surface area contributed by atoms with E-state index < -0.39 is 84.4 Å². The van der Waals surface area contributed by atoms with Crippen molar-refractivity contribution in [3.05, 3.63) is 70.0 Å². The summed E-state index contributed by atoms with van der Waals surface area (Å²) in [4.78, 5) is 12.7. The van der Waals surface area contributed by atoms with Crippen molar-refractivity contribution in [2.24, 2.45) is 4.40 Å². The molecule has 0 aliphatic rings. The average Bonchev–Trinajstić information content (AvgIpc) is 3.33. The fraction of sp³-hybridized carbons (Fsp3) is 0.261. The Kier molecular flexibility index (Phi) is 8.93. The normalized spacial score (nSPS) is 13.0. The highest BCUT2D eigenvalue weighted by molar-refractivity contribution is 7.90. The van der Waals surface area contributed by atoms with Crippen molar-refractivity contribution in [3.63, 3.8) is 0 Å². The van der Waals surface area contributed by atoms with E-state index in [1.165, 1.54) is 14.1 Å². The Morgan fingerprint density at radius 1 is 1.02 bits per heavy atom. The molecule has 0 fully saturated rings. The van der Waals surface area contributed by atoms with Gasteiger partial charge in [-0.2, -0.15) is 53.0 Å². The van der Waals surface area contributed by atoms with Crippen molar-refractivity contribution in [3.8, 4) is 5.69 Å². The van der Waals surface area contributed by atoms with Crippen LogP contribution >= 0.6 is 11.6 Å². The second-order valence-electron chi connectivity index (χ2n) is 8.70. The fourth-order valence-electron chi connectivity index (χ4n) is 3.41. The first-order valence-corrected chi connectivity index (χ1v) is 12.9. The van der Waals surface area contributed by atoms with Gasteiger partial charge in [0.05, 0.1) is 45.7 Å². The van der Waals surface area contributed by atoms with Gasteiger partial charge in [-0.05, 0) is 23.8 Å². The number of carbonyl (C=O) groups excluding carboxylic acids is 1. The van der Waals surface area contributed by atoms with Gasteiger partial charge in [0, 0.05) is 20.3 Å². The Morgan fingerprint density at radius 2 is 1.64 bits per heavy atom. The molecule has 0 bridgehead atoms. The molecule has 1 amide bonds. The van der Waals surface area contributed by atoms with Gasteiger partial charge in [0.15, 0.2) is 0 Å². The summed E-state index contributed by atoms with van der Waals surface area (Å²) in [6.07, 6.45) is -14.9. The van der Waals surface area contributed by atoms with Crippen LogP contribution in [0.5, 0.6) is 0 Å². The van der Waals surface area contributed by atoms with Gasteiger partial charge < -0.3 is 10.2 Å². The second kappa shape index (κ2) is 11.5. The molecule has 1 N–H and O–H groups in total. The quantitative estimate of drug-likeness (QED) is 0.191. The summed E-state index contributed by atoms with van der Waals surface area (Å²) >= 11 is 5.74. The van der Waals surface area contributed by atoms with E-state index in [0.717, 1.165) is 23.4 Å². The zero-order valence-corrected chi connectivity index (χ0v) is 22.6. The number of nitrogens with zero attached hydrogens (tertiary/aromatic N) is 4. The smallest absolute Gasteiger partial charge is 0.368 e. The maximum Gasteiger partial charge on any atom is 0.419 e. The highest BCUT2D eigenvalue weighted by Crippen LogP contribution is 2.40. The van der Waals surface area contributed by atoms with Gasteiger partial charge in [0.1, 0.15) is 11.2 Å². The average molecular weight is 650 g/mol. The molecule has 0 radical (unpaired) electrons. The number of carbonyl (C=O) groups is 1. The summed E-state index contributed by atoms with van der Waals surface area (Å²) in [7, 11) is -2.25. The minimum Gasteiger partial charge on any atom is -0.368 e. The van der Waals surface area contributed by atoms with E-state index >= 15 is 0 Å². The number of benzene rings is 2. The van der Waals surface area contributed by atoms with Crippen LogP contribution in [0, 0.1) is 0 Å². The SMILES string of the molecule is CN(C)C=NS(=O)(=O)c1cc(NC(=O)Cc2cccc(C(F)(F)F)c2Cl)c(C(F)(F)F)cc1-n1cc(C(F)(F)F)cn1. The number of hydrogen-bond donors (Lipinski definition) is 1. The number of nitrogens with one attached hydrogen (secondary N) is 1. The van der Waals surface area contributed by atoms with Crippen LogP contribution in [0.4, 0.5) is 45.2 Å². The first kappa shape index (κ1) is 32.7. The fourth-order valence-corrected chi connectivity index (χ4v) is 4.82. The Morgan fingerprint density at radius 3 is 2.17 bits per heavy atom. The molecule has 228 valence electrons. The molecule has 0 saturated heterocycles. The predicted molar refractivity (Wildman–Crippen MR) is 132 cm³/mol. The number of sulfonamides is 1. The van der Waals surface area contributed by atoms with E-state index in [-0.39, 0.29) is 23.1 Å². The van der Waals surface area contributed by atoms with Gasteiger partial charge in [0.2, 0.25) is 5.91 Å². The molecule has 0 aliphatic heterocycles. The third kappa shape index (κ3) is 7.53. The summed E-state index contributed by atoms with van der Waals surface area (Å²) in [6.45, 7) is 0. The third-order valence-electron chi connectivity index (χ3n) is 5.27. The lowest BCUT2D eigenvalue weighted by molar-refractivity contribution is -0.138. The van der Waals surface area contributed by atoms with Crippen LogP contribution in [0.1, 0.15) is 22.3 Å². The molecule has 0 spiro atoms.